The number of aliphatic hydroxyl groups is 1. The molecule has 0 saturated carbocycles. The molecule has 3 rings (SSSR count). The van der Waals surface area contributed by atoms with Crippen LogP contribution in [-0.4, -0.2) is 65.1 Å². The highest BCUT2D eigenvalue weighted by molar-refractivity contribution is 8.15. The molecule has 3 atom stereocenters. The Morgan fingerprint density at radius 1 is 0.907 bits per heavy atom. The van der Waals surface area contributed by atoms with Gasteiger partial charge in [0.15, 0.2) is 5.60 Å². The number of unbranched alkanes of at least 4 members (excludes halogenated alkanes) is 7. The van der Waals surface area contributed by atoms with Gasteiger partial charge < -0.3 is 9.84 Å². The second-order valence-corrected chi connectivity index (χ2v) is 18.9. The third-order valence-corrected chi connectivity index (χ3v) is 12.7. The van der Waals surface area contributed by atoms with Gasteiger partial charge in [-0.2, -0.15) is 0 Å². The Bertz CT molecular complexity index is 1580. The first kappa shape index (κ1) is 45.4. The molecule has 0 aromatic heterocycles. The fourth-order valence-corrected chi connectivity index (χ4v) is 10.0. The van der Waals surface area contributed by atoms with Crippen molar-refractivity contribution in [2.75, 3.05) is 12.3 Å². The van der Waals surface area contributed by atoms with E-state index in [0.717, 1.165) is 67.8 Å². The number of carbonyl (C=O) groups excluding carboxylic acids is 3. The molecule has 300 valence electrons. The van der Waals surface area contributed by atoms with Gasteiger partial charge >= 0.3 is 5.97 Å². The SMILES string of the molecule is CCCCCCNS(=O)(=O)CCCCCC/C=C/[C@H](C(=O)N1C(=O)SC(c2ccccc2)(c2ccccc2)[C@@H]1C(C)C)[C@@](O)(CCC)C(=O)OC(C)(C)C. The number of sulfonamides is 1. The Labute approximate surface area is 329 Å². The number of hydrogen-bond donors (Lipinski definition) is 2. The Morgan fingerprint density at radius 3 is 2.02 bits per heavy atom. The lowest BCUT2D eigenvalue weighted by Gasteiger charge is -2.41. The van der Waals surface area contributed by atoms with Crippen molar-refractivity contribution in [2.45, 2.75) is 141 Å². The maximum atomic E-state index is 15.0. The largest absolute Gasteiger partial charge is 0.458 e. The lowest BCUT2D eigenvalue weighted by Crippen LogP contribution is -2.57. The standard InChI is InChI=1S/C43H64N2O7S2/c1-8-10-11-23-31-44-54(50,51)32-24-15-13-12-14-22-29-36(42(49,30-9-2)39(47)52-41(5,6)7)38(46)45-37(33(3)4)43(53-40(45)48,34-25-18-16-19-26-34)35-27-20-17-21-28-35/h16-22,25-29,33,36-37,44,49H,8-15,23-24,30-32H2,1-7H3/b29-22+/t36-,37+,42+/m1/s1. The molecule has 0 spiro atoms. The summed E-state index contributed by atoms with van der Waals surface area (Å²) in [4.78, 5) is 44.5. The van der Waals surface area contributed by atoms with Gasteiger partial charge in [-0.1, -0.05) is 139 Å². The molecule has 1 heterocycles. The van der Waals surface area contributed by atoms with Crippen molar-refractivity contribution in [3.8, 4) is 0 Å². The molecule has 2 N–H and O–H groups in total. The van der Waals surface area contributed by atoms with Crippen molar-refractivity contribution in [2.24, 2.45) is 11.8 Å². The zero-order valence-corrected chi connectivity index (χ0v) is 35.1. The van der Waals surface area contributed by atoms with Gasteiger partial charge in [0, 0.05) is 6.54 Å². The van der Waals surface area contributed by atoms with Gasteiger partial charge in [-0.3, -0.25) is 14.5 Å². The monoisotopic (exact) mass is 784 g/mol. The van der Waals surface area contributed by atoms with E-state index in [1.54, 1.807) is 32.9 Å². The van der Waals surface area contributed by atoms with E-state index in [9.17, 15) is 23.1 Å². The number of hydrogen-bond acceptors (Lipinski definition) is 8. The number of ether oxygens (including phenoxy) is 1. The zero-order valence-electron chi connectivity index (χ0n) is 33.5. The number of rotatable bonds is 22. The summed E-state index contributed by atoms with van der Waals surface area (Å²) in [6, 6.07) is 18.8. The molecule has 1 fully saturated rings. The lowest BCUT2D eigenvalue weighted by atomic mass is 9.77. The van der Waals surface area contributed by atoms with E-state index in [2.05, 4.69) is 11.6 Å². The number of carbonyl (C=O) groups is 3. The maximum absolute atomic E-state index is 15.0. The average molecular weight is 785 g/mol. The molecule has 0 unspecified atom stereocenters. The predicted octanol–water partition coefficient (Wildman–Crippen LogP) is 9.15. The fraction of sp³-hybridized carbons (Fsp3) is 0.605. The van der Waals surface area contributed by atoms with E-state index >= 15 is 4.79 Å². The van der Waals surface area contributed by atoms with Gasteiger partial charge in [-0.25, -0.2) is 17.9 Å². The van der Waals surface area contributed by atoms with Crippen LogP contribution in [0.5, 0.6) is 0 Å². The summed E-state index contributed by atoms with van der Waals surface area (Å²) < 4.78 is 32.2. The first-order chi connectivity index (χ1) is 25.5. The Hall–Kier alpha value is -2.99. The van der Waals surface area contributed by atoms with Gasteiger partial charge in [0.1, 0.15) is 5.60 Å². The van der Waals surface area contributed by atoms with Crippen molar-refractivity contribution in [1.82, 2.24) is 9.62 Å². The molecule has 2 amide bonds. The number of esters is 1. The lowest BCUT2D eigenvalue weighted by molar-refractivity contribution is -0.185. The summed E-state index contributed by atoms with van der Waals surface area (Å²) in [7, 11) is -3.30. The van der Waals surface area contributed by atoms with E-state index in [-0.39, 0.29) is 18.1 Å². The highest BCUT2D eigenvalue weighted by Crippen LogP contribution is 2.56. The molecule has 0 radical (unpaired) electrons. The van der Waals surface area contributed by atoms with E-state index in [0.29, 0.717) is 25.8 Å². The van der Waals surface area contributed by atoms with Crippen molar-refractivity contribution >= 4 is 38.9 Å². The highest BCUT2D eigenvalue weighted by atomic mass is 32.2. The van der Waals surface area contributed by atoms with E-state index in [4.69, 9.17) is 4.74 Å². The van der Waals surface area contributed by atoms with Crippen molar-refractivity contribution in [3.63, 3.8) is 0 Å². The summed E-state index contributed by atoms with van der Waals surface area (Å²) in [6.45, 7) is 13.5. The number of imide groups is 1. The molecule has 1 aliphatic rings. The van der Waals surface area contributed by atoms with Crippen molar-refractivity contribution < 1.29 is 32.6 Å². The third-order valence-electron chi connectivity index (χ3n) is 9.79. The molecular formula is C43H64N2O7S2. The van der Waals surface area contributed by atoms with Gasteiger partial charge in [0.05, 0.1) is 22.5 Å². The molecule has 1 aliphatic heterocycles. The van der Waals surface area contributed by atoms with Crippen LogP contribution < -0.4 is 4.72 Å². The Kier molecular flexibility index (Phi) is 17.5. The van der Waals surface area contributed by atoms with Gasteiger partial charge in [0.25, 0.3) is 5.24 Å². The van der Waals surface area contributed by atoms with Crippen LogP contribution >= 0.6 is 11.8 Å². The number of benzene rings is 2. The predicted molar refractivity (Wildman–Crippen MR) is 219 cm³/mol. The minimum atomic E-state index is -3.30. The smallest absolute Gasteiger partial charge is 0.339 e. The maximum Gasteiger partial charge on any atom is 0.339 e. The number of amides is 2. The molecule has 0 bridgehead atoms. The molecule has 11 heteroatoms. The van der Waals surface area contributed by atoms with Crippen molar-refractivity contribution in [3.05, 3.63) is 83.9 Å². The highest BCUT2D eigenvalue weighted by Gasteiger charge is 2.60. The van der Waals surface area contributed by atoms with Gasteiger partial charge in [-0.15, -0.1) is 0 Å². The summed E-state index contributed by atoms with van der Waals surface area (Å²) in [5, 5.41) is 11.9. The molecule has 2 aromatic rings. The normalized spacial score (nSPS) is 17.9. The molecular weight excluding hydrogens is 721 g/mol. The quantitative estimate of drug-likeness (QED) is 0.0687. The van der Waals surface area contributed by atoms with Crippen molar-refractivity contribution in [1.29, 1.82) is 0 Å². The summed E-state index contributed by atoms with van der Waals surface area (Å²) >= 11 is 1.10. The minimum Gasteiger partial charge on any atom is -0.458 e. The Morgan fingerprint density at radius 2 is 1.48 bits per heavy atom. The van der Waals surface area contributed by atoms with Crippen LogP contribution in [0.15, 0.2) is 72.8 Å². The third kappa shape index (κ3) is 12.0. The Balaban J connectivity index is 1.91. The molecule has 9 nitrogen and oxygen atoms in total. The molecule has 54 heavy (non-hydrogen) atoms. The summed E-state index contributed by atoms with van der Waals surface area (Å²) in [5.74, 6) is -3.06. The van der Waals surface area contributed by atoms with Gasteiger partial charge in [-0.05, 0) is 81.7 Å². The second-order valence-electron chi connectivity index (χ2n) is 15.8. The minimum absolute atomic E-state index is 0.0478. The summed E-state index contributed by atoms with van der Waals surface area (Å²) in [5.41, 5.74) is -1.40. The molecule has 0 aliphatic carbocycles. The van der Waals surface area contributed by atoms with Gasteiger partial charge in [0.2, 0.25) is 15.9 Å². The van der Waals surface area contributed by atoms with Crippen LogP contribution in [-0.2, 0) is 29.1 Å². The average Bonchev–Trinajstić information content (AvgIpc) is 3.44. The molecule has 2 aromatic carbocycles. The van der Waals surface area contributed by atoms with E-state index in [1.165, 1.54) is 4.90 Å². The number of nitrogens with one attached hydrogen (secondary N) is 1. The fourth-order valence-electron chi connectivity index (χ4n) is 7.25. The van der Waals surface area contributed by atoms with Crippen LogP contribution in [0.2, 0.25) is 0 Å². The zero-order chi connectivity index (χ0) is 40.0. The number of thioether (sulfide) groups is 1. The number of nitrogens with zero attached hydrogens (tertiary/aromatic N) is 1. The molecule has 1 saturated heterocycles. The first-order valence-electron chi connectivity index (χ1n) is 19.8. The summed E-state index contributed by atoms with van der Waals surface area (Å²) in [6.07, 6.45) is 11.1. The van der Waals surface area contributed by atoms with Crippen LogP contribution in [0.25, 0.3) is 0 Å². The van der Waals surface area contributed by atoms with E-state index < -0.39 is 55.0 Å². The topological polar surface area (TPSA) is 130 Å². The second kappa shape index (κ2) is 20.8. The van der Waals surface area contributed by atoms with Crippen LogP contribution in [0.4, 0.5) is 4.79 Å². The van der Waals surface area contributed by atoms with Crippen LogP contribution in [0.3, 0.4) is 0 Å². The first-order valence-corrected chi connectivity index (χ1v) is 22.3. The van der Waals surface area contributed by atoms with E-state index in [1.807, 2.05) is 81.4 Å². The van der Waals surface area contributed by atoms with Crippen LogP contribution in [0, 0.1) is 11.8 Å². The van der Waals surface area contributed by atoms with Crippen LogP contribution in [0.1, 0.15) is 130 Å². The number of allylic oxidation sites excluding steroid dienone is 1.